The SMILES string of the molecule is CCCCCCOCC(NC)C(C)(C)C. The summed E-state index contributed by atoms with van der Waals surface area (Å²) in [6, 6.07) is 0.448. The maximum atomic E-state index is 5.70. The van der Waals surface area contributed by atoms with Gasteiger partial charge in [0.05, 0.1) is 6.61 Å². The molecule has 1 atom stereocenters. The maximum Gasteiger partial charge on any atom is 0.0624 e. The van der Waals surface area contributed by atoms with Crippen LogP contribution in [0.5, 0.6) is 0 Å². The largest absolute Gasteiger partial charge is 0.380 e. The summed E-state index contributed by atoms with van der Waals surface area (Å²) < 4.78 is 5.70. The van der Waals surface area contributed by atoms with Crippen molar-refractivity contribution >= 4 is 0 Å². The summed E-state index contributed by atoms with van der Waals surface area (Å²) in [6.45, 7) is 10.7. The first-order valence-corrected chi connectivity index (χ1v) is 6.27. The van der Waals surface area contributed by atoms with Crippen molar-refractivity contribution in [1.29, 1.82) is 0 Å². The molecule has 0 radical (unpaired) electrons. The average molecular weight is 215 g/mol. The van der Waals surface area contributed by atoms with Gasteiger partial charge in [0.25, 0.3) is 0 Å². The molecule has 0 fully saturated rings. The lowest BCUT2D eigenvalue weighted by Crippen LogP contribution is -2.41. The van der Waals surface area contributed by atoms with Crippen LogP contribution in [0.4, 0.5) is 0 Å². The van der Waals surface area contributed by atoms with E-state index in [9.17, 15) is 0 Å². The van der Waals surface area contributed by atoms with E-state index < -0.39 is 0 Å². The molecule has 0 aliphatic heterocycles. The molecule has 0 rings (SSSR count). The summed E-state index contributed by atoms with van der Waals surface area (Å²) in [5.74, 6) is 0. The molecule has 0 bridgehead atoms. The number of nitrogens with one attached hydrogen (secondary N) is 1. The number of rotatable bonds is 8. The van der Waals surface area contributed by atoms with Crippen LogP contribution in [0.2, 0.25) is 0 Å². The first-order chi connectivity index (χ1) is 7.02. The Labute approximate surface area is 95.8 Å². The second kappa shape index (κ2) is 8.12. The zero-order valence-electron chi connectivity index (χ0n) is 11.2. The standard InChI is InChI=1S/C13H29NO/c1-6-7-8-9-10-15-11-12(14-5)13(2,3)4/h12,14H,6-11H2,1-5H3. The number of hydrogen-bond acceptors (Lipinski definition) is 2. The summed E-state index contributed by atoms with van der Waals surface area (Å²) in [5.41, 5.74) is 0.276. The summed E-state index contributed by atoms with van der Waals surface area (Å²) in [6.07, 6.45) is 5.13. The molecule has 0 saturated carbocycles. The second-order valence-electron chi connectivity index (χ2n) is 5.34. The minimum Gasteiger partial charge on any atom is -0.380 e. The van der Waals surface area contributed by atoms with E-state index in [-0.39, 0.29) is 5.41 Å². The number of hydrogen-bond donors (Lipinski definition) is 1. The van der Waals surface area contributed by atoms with Crippen LogP contribution in [-0.2, 0) is 4.74 Å². The van der Waals surface area contributed by atoms with Crippen LogP contribution in [0.25, 0.3) is 0 Å². The molecule has 0 aliphatic rings. The van der Waals surface area contributed by atoms with Gasteiger partial charge in [0.1, 0.15) is 0 Å². The fraction of sp³-hybridized carbons (Fsp3) is 1.00. The van der Waals surface area contributed by atoms with Gasteiger partial charge in [-0.3, -0.25) is 0 Å². The van der Waals surface area contributed by atoms with E-state index in [0.717, 1.165) is 13.2 Å². The van der Waals surface area contributed by atoms with E-state index >= 15 is 0 Å². The predicted molar refractivity (Wildman–Crippen MR) is 67.3 cm³/mol. The van der Waals surface area contributed by atoms with Gasteiger partial charge in [-0.2, -0.15) is 0 Å². The highest BCUT2D eigenvalue weighted by Gasteiger charge is 2.22. The molecule has 15 heavy (non-hydrogen) atoms. The maximum absolute atomic E-state index is 5.70. The molecule has 0 aromatic rings. The molecular weight excluding hydrogens is 186 g/mol. The highest BCUT2D eigenvalue weighted by molar-refractivity contribution is 4.78. The van der Waals surface area contributed by atoms with Crippen LogP contribution in [0, 0.1) is 5.41 Å². The van der Waals surface area contributed by atoms with Crippen molar-refractivity contribution in [2.75, 3.05) is 20.3 Å². The molecule has 1 N–H and O–H groups in total. The van der Waals surface area contributed by atoms with Gasteiger partial charge < -0.3 is 10.1 Å². The third-order valence-electron chi connectivity index (χ3n) is 2.82. The van der Waals surface area contributed by atoms with Crippen LogP contribution in [0.3, 0.4) is 0 Å². The zero-order valence-corrected chi connectivity index (χ0v) is 11.2. The van der Waals surface area contributed by atoms with Crippen LogP contribution in [-0.4, -0.2) is 26.3 Å². The molecule has 2 heteroatoms. The Kier molecular flexibility index (Phi) is 8.07. The number of ether oxygens (including phenoxy) is 1. The van der Waals surface area contributed by atoms with Crippen LogP contribution < -0.4 is 5.32 Å². The monoisotopic (exact) mass is 215 g/mol. The first kappa shape index (κ1) is 14.9. The molecule has 0 heterocycles. The fourth-order valence-corrected chi connectivity index (χ4v) is 1.60. The van der Waals surface area contributed by atoms with Gasteiger partial charge in [0.2, 0.25) is 0 Å². The Morgan fingerprint density at radius 3 is 2.27 bits per heavy atom. The molecule has 0 aromatic carbocycles. The zero-order chi connectivity index (χ0) is 11.7. The van der Waals surface area contributed by atoms with Gasteiger partial charge in [0.15, 0.2) is 0 Å². The topological polar surface area (TPSA) is 21.3 Å². The highest BCUT2D eigenvalue weighted by atomic mass is 16.5. The van der Waals surface area contributed by atoms with Gasteiger partial charge in [-0.15, -0.1) is 0 Å². The van der Waals surface area contributed by atoms with E-state index in [2.05, 4.69) is 33.0 Å². The lowest BCUT2D eigenvalue weighted by Gasteiger charge is -2.30. The quantitative estimate of drug-likeness (QED) is 0.628. The van der Waals surface area contributed by atoms with Gasteiger partial charge in [-0.05, 0) is 18.9 Å². The Balaban J connectivity index is 3.48. The first-order valence-electron chi connectivity index (χ1n) is 6.27. The molecule has 0 aliphatic carbocycles. The molecule has 0 amide bonds. The van der Waals surface area contributed by atoms with Crippen molar-refractivity contribution in [3.63, 3.8) is 0 Å². The summed E-state index contributed by atoms with van der Waals surface area (Å²) in [5, 5.41) is 3.32. The molecular formula is C13H29NO. The predicted octanol–water partition coefficient (Wildman–Crippen LogP) is 3.22. The van der Waals surface area contributed by atoms with Crippen LogP contribution in [0.15, 0.2) is 0 Å². The molecule has 92 valence electrons. The van der Waals surface area contributed by atoms with Gasteiger partial charge >= 0.3 is 0 Å². The molecule has 2 nitrogen and oxygen atoms in total. The van der Waals surface area contributed by atoms with Crippen molar-refractivity contribution in [3.05, 3.63) is 0 Å². The van der Waals surface area contributed by atoms with Gasteiger partial charge in [0, 0.05) is 12.6 Å². The van der Waals surface area contributed by atoms with Crippen molar-refractivity contribution in [1.82, 2.24) is 5.32 Å². The lowest BCUT2D eigenvalue weighted by molar-refractivity contribution is 0.0761. The van der Waals surface area contributed by atoms with Crippen molar-refractivity contribution in [2.24, 2.45) is 5.41 Å². The third kappa shape index (κ3) is 7.80. The molecule has 0 aromatic heterocycles. The van der Waals surface area contributed by atoms with Crippen LogP contribution >= 0.6 is 0 Å². The molecule has 0 spiro atoms. The van der Waals surface area contributed by atoms with Gasteiger partial charge in [-0.25, -0.2) is 0 Å². The highest BCUT2D eigenvalue weighted by Crippen LogP contribution is 2.19. The van der Waals surface area contributed by atoms with Gasteiger partial charge in [-0.1, -0.05) is 47.0 Å². The van der Waals surface area contributed by atoms with E-state index in [1.54, 1.807) is 0 Å². The fourth-order valence-electron chi connectivity index (χ4n) is 1.60. The smallest absolute Gasteiger partial charge is 0.0624 e. The minimum absolute atomic E-state index is 0.276. The van der Waals surface area contributed by atoms with E-state index in [4.69, 9.17) is 4.74 Å². The van der Waals surface area contributed by atoms with Crippen molar-refractivity contribution in [2.45, 2.75) is 59.4 Å². The van der Waals surface area contributed by atoms with E-state index in [1.807, 2.05) is 7.05 Å². The normalized spacial score (nSPS) is 14.2. The van der Waals surface area contributed by atoms with Crippen LogP contribution in [0.1, 0.15) is 53.4 Å². The molecule has 1 unspecified atom stereocenters. The van der Waals surface area contributed by atoms with Crippen molar-refractivity contribution in [3.8, 4) is 0 Å². The Morgan fingerprint density at radius 2 is 1.80 bits per heavy atom. The van der Waals surface area contributed by atoms with E-state index in [1.165, 1.54) is 25.7 Å². The Hall–Kier alpha value is -0.0800. The third-order valence-corrected chi connectivity index (χ3v) is 2.82. The van der Waals surface area contributed by atoms with Crippen molar-refractivity contribution < 1.29 is 4.74 Å². The minimum atomic E-state index is 0.276. The second-order valence-corrected chi connectivity index (χ2v) is 5.34. The lowest BCUT2D eigenvalue weighted by atomic mass is 9.87. The summed E-state index contributed by atoms with van der Waals surface area (Å²) in [7, 11) is 2.01. The Morgan fingerprint density at radius 1 is 1.13 bits per heavy atom. The molecule has 0 saturated heterocycles. The Bertz CT molecular complexity index is 140. The summed E-state index contributed by atoms with van der Waals surface area (Å²) in [4.78, 5) is 0. The summed E-state index contributed by atoms with van der Waals surface area (Å²) >= 11 is 0. The number of likely N-dealkylation sites (N-methyl/N-ethyl adjacent to an activating group) is 1. The number of unbranched alkanes of at least 4 members (excludes halogenated alkanes) is 3. The average Bonchev–Trinajstić information content (AvgIpc) is 2.15. The van der Waals surface area contributed by atoms with E-state index in [0.29, 0.717) is 6.04 Å².